The van der Waals surface area contributed by atoms with Crippen LogP contribution in [0.2, 0.25) is 0 Å². The van der Waals surface area contributed by atoms with Crippen LogP contribution >= 0.6 is 15.9 Å². The van der Waals surface area contributed by atoms with Crippen molar-refractivity contribution in [1.29, 1.82) is 0 Å². The molecule has 0 heterocycles. The average molecular weight is 344 g/mol. The number of rotatable bonds is 4. The number of ether oxygens (including phenoxy) is 1. The van der Waals surface area contributed by atoms with Gasteiger partial charge in [-0.05, 0) is 15.9 Å². The summed E-state index contributed by atoms with van der Waals surface area (Å²) in [4.78, 5) is 20.2. The van der Waals surface area contributed by atoms with Gasteiger partial charge in [-0.3, -0.25) is 20.3 Å². The Bertz CT molecular complexity index is 540. The Morgan fingerprint density at radius 1 is 1.53 bits per heavy atom. The molecule has 1 rings (SSSR count). The van der Waals surface area contributed by atoms with Gasteiger partial charge in [0.1, 0.15) is 5.82 Å². The van der Waals surface area contributed by atoms with Gasteiger partial charge in [0, 0.05) is 12.1 Å². The van der Waals surface area contributed by atoms with E-state index in [1.54, 1.807) is 0 Å². The molecule has 0 aliphatic heterocycles. The molecule has 0 radical (unpaired) electrons. The van der Waals surface area contributed by atoms with Gasteiger partial charge >= 0.3 is 17.7 Å². The molecule has 11 heteroatoms. The van der Waals surface area contributed by atoms with Gasteiger partial charge in [0.2, 0.25) is 5.75 Å². The van der Waals surface area contributed by atoms with Crippen LogP contribution in [0.15, 0.2) is 16.6 Å². The maximum Gasteiger partial charge on any atom is 0.483 e. The fraction of sp³-hybridized carbons (Fsp3) is 0.125. The minimum atomic E-state index is -4.49. The van der Waals surface area contributed by atoms with Gasteiger partial charge in [0.25, 0.3) is 0 Å². The molecule has 0 unspecified atom stereocenters. The number of nitrogens with two attached hydrogens (primary N) is 1. The predicted molar refractivity (Wildman–Crippen MR) is 58.7 cm³/mol. The third-order valence-corrected chi connectivity index (χ3v) is 2.44. The van der Waals surface area contributed by atoms with Crippen molar-refractivity contribution in [2.75, 3.05) is 0 Å². The molecule has 0 fully saturated rings. The maximum atomic E-state index is 13.2. The number of hydrazine groups is 1. The van der Waals surface area contributed by atoms with E-state index in [1.807, 2.05) is 0 Å². The monoisotopic (exact) mass is 343 g/mol. The lowest BCUT2D eigenvalue weighted by Gasteiger charge is -2.15. The van der Waals surface area contributed by atoms with Crippen molar-refractivity contribution < 1.29 is 27.6 Å². The number of alkyl halides is 2. The topological polar surface area (TPSA) is 107 Å². The van der Waals surface area contributed by atoms with Crippen molar-refractivity contribution >= 4 is 27.5 Å². The van der Waals surface area contributed by atoms with E-state index in [-0.39, 0.29) is 4.47 Å². The maximum absolute atomic E-state index is 13.2. The van der Waals surface area contributed by atoms with E-state index in [0.29, 0.717) is 12.1 Å². The van der Waals surface area contributed by atoms with Crippen molar-refractivity contribution in [1.82, 2.24) is 5.43 Å². The van der Waals surface area contributed by atoms with E-state index >= 15 is 0 Å². The number of amides is 1. The summed E-state index contributed by atoms with van der Waals surface area (Å²) in [7, 11) is 0. The number of halogens is 4. The van der Waals surface area contributed by atoms with E-state index < -0.39 is 34.2 Å². The Morgan fingerprint density at radius 3 is 2.58 bits per heavy atom. The highest BCUT2D eigenvalue weighted by molar-refractivity contribution is 9.10. The molecule has 0 bridgehead atoms. The number of hydrogen-bond acceptors (Lipinski definition) is 5. The van der Waals surface area contributed by atoms with Crippen LogP contribution in [0.1, 0.15) is 0 Å². The molecule has 0 aliphatic carbocycles. The Labute approximate surface area is 111 Å². The Morgan fingerprint density at radius 2 is 2.11 bits per heavy atom. The Hall–Kier alpha value is -1.88. The first-order valence-electron chi connectivity index (χ1n) is 4.40. The molecule has 0 atom stereocenters. The summed E-state index contributed by atoms with van der Waals surface area (Å²) in [6.07, 6.45) is -4.49. The third-order valence-electron chi connectivity index (χ3n) is 1.83. The predicted octanol–water partition coefficient (Wildman–Crippen LogP) is 1.46. The first-order valence-corrected chi connectivity index (χ1v) is 5.19. The SMILES string of the molecule is NNC(=O)C(F)(F)Oc1cc(F)c(Br)cc1[N+](=O)[O-]. The summed E-state index contributed by atoms with van der Waals surface area (Å²) >= 11 is 2.65. The van der Waals surface area contributed by atoms with Crippen LogP contribution in [-0.4, -0.2) is 16.9 Å². The number of benzene rings is 1. The molecule has 0 aromatic heterocycles. The zero-order valence-corrected chi connectivity index (χ0v) is 10.4. The Balaban J connectivity index is 3.24. The van der Waals surface area contributed by atoms with Crippen molar-refractivity contribution in [3.8, 4) is 5.75 Å². The van der Waals surface area contributed by atoms with Crippen molar-refractivity contribution in [3.63, 3.8) is 0 Å². The summed E-state index contributed by atoms with van der Waals surface area (Å²) in [5, 5.41) is 10.6. The minimum absolute atomic E-state index is 0.321. The Kier molecular flexibility index (Phi) is 4.32. The molecule has 0 aliphatic rings. The number of nitrogens with one attached hydrogen (secondary N) is 1. The zero-order valence-electron chi connectivity index (χ0n) is 8.82. The van der Waals surface area contributed by atoms with Crippen molar-refractivity contribution in [2.24, 2.45) is 5.84 Å². The van der Waals surface area contributed by atoms with Crippen LogP contribution in [-0.2, 0) is 4.79 Å². The van der Waals surface area contributed by atoms with Gasteiger partial charge in [-0.25, -0.2) is 10.2 Å². The molecule has 3 N–H and O–H groups in total. The highest BCUT2D eigenvalue weighted by atomic mass is 79.9. The highest BCUT2D eigenvalue weighted by Crippen LogP contribution is 2.35. The molecule has 104 valence electrons. The molecule has 0 spiro atoms. The molecule has 1 amide bonds. The van der Waals surface area contributed by atoms with Gasteiger partial charge in [-0.2, -0.15) is 8.78 Å². The van der Waals surface area contributed by atoms with Crippen LogP contribution in [0.4, 0.5) is 18.9 Å². The molecule has 1 aromatic rings. The quantitative estimate of drug-likeness (QED) is 0.372. The molecule has 7 nitrogen and oxygen atoms in total. The van der Waals surface area contributed by atoms with E-state index in [1.165, 1.54) is 0 Å². The van der Waals surface area contributed by atoms with Crippen LogP contribution in [0.3, 0.4) is 0 Å². The second-order valence-electron chi connectivity index (χ2n) is 3.08. The average Bonchev–Trinajstić information content (AvgIpc) is 2.31. The van der Waals surface area contributed by atoms with Crippen LogP contribution in [0.5, 0.6) is 5.75 Å². The van der Waals surface area contributed by atoms with Gasteiger partial charge < -0.3 is 4.74 Å². The van der Waals surface area contributed by atoms with E-state index in [0.717, 1.165) is 5.43 Å². The number of carbonyl (C=O) groups is 1. The summed E-state index contributed by atoms with van der Waals surface area (Å²) < 4.78 is 42.9. The van der Waals surface area contributed by atoms with Gasteiger partial charge in [-0.15, -0.1) is 0 Å². The first kappa shape index (κ1) is 15.2. The van der Waals surface area contributed by atoms with Crippen LogP contribution in [0.25, 0.3) is 0 Å². The lowest BCUT2D eigenvalue weighted by molar-refractivity contribution is -0.387. The number of carbonyl (C=O) groups excluding carboxylic acids is 1. The zero-order chi connectivity index (χ0) is 14.8. The largest absolute Gasteiger partial charge is 0.483 e. The molecule has 1 aromatic carbocycles. The minimum Gasteiger partial charge on any atom is -0.418 e. The summed E-state index contributed by atoms with van der Waals surface area (Å²) in [5.41, 5.74) is 0.167. The van der Waals surface area contributed by atoms with E-state index in [9.17, 15) is 28.1 Å². The second-order valence-corrected chi connectivity index (χ2v) is 3.94. The number of hydrogen-bond donors (Lipinski definition) is 2. The van der Waals surface area contributed by atoms with Crippen molar-refractivity contribution in [2.45, 2.75) is 6.11 Å². The summed E-state index contributed by atoms with van der Waals surface area (Å²) in [6.45, 7) is 0. The van der Waals surface area contributed by atoms with Crippen LogP contribution in [0, 0.1) is 15.9 Å². The standard InChI is InChI=1S/C8H5BrF3N3O4/c9-3-1-5(15(17)18)6(2-4(3)10)19-8(11,12)7(16)14-13/h1-2H,13H2,(H,14,16). The molecular weight excluding hydrogens is 339 g/mol. The first-order chi connectivity index (χ1) is 8.69. The fourth-order valence-corrected chi connectivity index (χ4v) is 1.34. The summed E-state index contributed by atoms with van der Waals surface area (Å²) in [6, 6.07) is 0.973. The second kappa shape index (κ2) is 5.40. The highest BCUT2D eigenvalue weighted by Gasteiger charge is 2.43. The van der Waals surface area contributed by atoms with Crippen molar-refractivity contribution in [3.05, 3.63) is 32.5 Å². The molecule has 0 saturated carbocycles. The van der Waals surface area contributed by atoms with Gasteiger partial charge in [-0.1, -0.05) is 0 Å². The summed E-state index contributed by atoms with van der Waals surface area (Å²) in [5.74, 6) is 0.261. The fourth-order valence-electron chi connectivity index (χ4n) is 1.01. The normalized spacial score (nSPS) is 11.0. The van der Waals surface area contributed by atoms with Gasteiger partial charge in [0.15, 0.2) is 0 Å². The van der Waals surface area contributed by atoms with Crippen LogP contribution < -0.4 is 16.0 Å². The number of nitro groups is 1. The van der Waals surface area contributed by atoms with E-state index in [4.69, 9.17) is 0 Å². The lowest BCUT2D eigenvalue weighted by Crippen LogP contribution is -2.47. The lowest BCUT2D eigenvalue weighted by atomic mass is 10.3. The molecule has 19 heavy (non-hydrogen) atoms. The smallest absolute Gasteiger partial charge is 0.418 e. The van der Waals surface area contributed by atoms with E-state index in [2.05, 4.69) is 26.5 Å². The third kappa shape index (κ3) is 3.32. The number of nitrogens with zero attached hydrogens (tertiary/aromatic N) is 1. The molecule has 0 saturated heterocycles. The van der Waals surface area contributed by atoms with Gasteiger partial charge in [0.05, 0.1) is 9.40 Å². The molecular formula is C8H5BrF3N3O4. The number of nitro benzene ring substituents is 1.